The quantitative estimate of drug-likeness (QED) is 0.779. The van der Waals surface area contributed by atoms with E-state index in [0.717, 1.165) is 67.9 Å². The molecular formula is C23H35N4O2S+. The van der Waals surface area contributed by atoms with E-state index in [4.69, 9.17) is 4.98 Å². The maximum atomic E-state index is 12.9. The van der Waals surface area contributed by atoms with Crippen LogP contribution in [0.3, 0.4) is 0 Å². The van der Waals surface area contributed by atoms with Crippen LogP contribution in [0.5, 0.6) is 0 Å². The summed E-state index contributed by atoms with van der Waals surface area (Å²) in [5.74, 6) is 1.71. The minimum Gasteiger partial charge on any atom is -0.331 e. The second-order valence-corrected chi connectivity index (χ2v) is 11.1. The fourth-order valence-electron chi connectivity index (χ4n) is 4.91. The van der Waals surface area contributed by atoms with Gasteiger partial charge in [-0.25, -0.2) is 4.98 Å². The number of fused-ring (bicyclic) bond motifs is 3. The highest BCUT2D eigenvalue weighted by Crippen LogP contribution is 2.41. The molecule has 1 atom stereocenters. The van der Waals surface area contributed by atoms with Crippen molar-refractivity contribution in [2.45, 2.75) is 66.3 Å². The molecule has 2 aromatic heterocycles. The average molecular weight is 432 g/mol. The fourth-order valence-corrected chi connectivity index (χ4v) is 6.23. The van der Waals surface area contributed by atoms with Crippen LogP contribution in [0.4, 0.5) is 0 Å². The molecule has 1 aliphatic heterocycles. The first-order valence-electron chi connectivity index (χ1n) is 11.4. The molecule has 30 heavy (non-hydrogen) atoms. The highest BCUT2D eigenvalue weighted by Gasteiger charge is 2.32. The fraction of sp³-hybridized carbons (Fsp3) is 0.696. The van der Waals surface area contributed by atoms with Gasteiger partial charge in [0.15, 0.2) is 5.82 Å². The summed E-state index contributed by atoms with van der Waals surface area (Å²) < 4.78 is 0. The molecule has 2 aliphatic rings. The molecule has 0 aromatic carbocycles. The number of aryl methyl sites for hydroxylation is 1. The molecule has 0 bridgehead atoms. The lowest BCUT2D eigenvalue weighted by atomic mass is 9.72. The summed E-state index contributed by atoms with van der Waals surface area (Å²) in [4.78, 5) is 38.6. The molecule has 0 radical (unpaired) electrons. The van der Waals surface area contributed by atoms with Gasteiger partial charge < -0.3 is 14.8 Å². The highest BCUT2D eigenvalue weighted by molar-refractivity contribution is 7.18. The lowest BCUT2D eigenvalue weighted by molar-refractivity contribution is -0.918. The third-order valence-electron chi connectivity index (χ3n) is 6.90. The van der Waals surface area contributed by atoms with Gasteiger partial charge >= 0.3 is 0 Å². The number of carbonyl (C=O) groups is 1. The van der Waals surface area contributed by atoms with E-state index in [0.29, 0.717) is 24.3 Å². The van der Waals surface area contributed by atoms with Crippen LogP contribution in [0.25, 0.3) is 10.2 Å². The van der Waals surface area contributed by atoms with Gasteiger partial charge in [0.25, 0.3) is 5.56 Å². The Morgan fingerprint density at radius 1 is 1.30 bits per heavy atom. The molecule has 1 aliphatic carbocycles. The summed E-state index contributed by atoms with van der Waals surface area (Å²) >= 11 is 1.73. The molecule has 3 heterocycles. The minimum absolute atomic E-state index is 0.0258. The van der Waals surface area contributed by atoms with Crippen LogP contribution < -0.4 is 10.5 Å². The lowest BCUT2D eigenvalue weighted by Gasteiger charge is -2.33. The van der Waals surface area contributed by atoms with Crippen molar-refractivity contribution in [3.63, 3.8) is 0 Å². The number of carbonyl (C=O) groups excluding carboxylic acids is 1. The zero-order valence-corrected chi connectivity index (χ0v) is 19.6. The molecule has 0 saturated carbocycles. The number of thiophene rings is 1. The number of aromatic amines is 1. The highest BCUT2D eigenvalue weighted by atomic mass is 32.1. The Kier molecular flexibility index (Phi) is 6.04. The molecule has 7 heteroatoms. The van der Waals surface area contributed by atoms with Crippen LogP contribution in [0, 0.1) is 11.3 Å². The zero-order valence-electron chi connectivity index (χ0n) is 18.8. The van der Waals surface area contributed by atoms with E-state index in [-0.39, 0.29) is 11.5 Å². The molecule has 1 saturated heterocycles. The third kappa shape index (κ3) is 4.33. The van der Waals surface area contributed by atoms with Gasteiger partial charge in [-0.15, -0.1) is 11.3 Å². The van der Waals surface area contributed by atoms with Gasteiger partial charge in [-0.2, -0.15) is 0 Å². The number of piperazine rings is 1. The summed E-state index contributed by atoms with van der Waals surface area (Å²) in [6, 6.07) is 0. The van der Waals surface area contributed by atoms with Gasteiger partial charge in [0.1, 0.15) is 11.4 Å². The number of nitrogens with one attached hydrogen (secondary N) is 2. The number of rotatable bonds is 4. The molecule has 0 unspecified atom stereocenters. The molecule has 2 aromatic rings. The molecule has 164 valence electrons. The second-order valence-electron chi connectivity index (χ2n) is 10.1. The van der Waals surface area contributed by atoms with Crippen LogP contribution in [0.1, 0.15) is 63.2 Å². The van der Waals surface area contributed by atoms with Crippen LogP contribution in [0.15, 0.2) is 4.79 Å². The number of aromatic nitrogens is 2. The number of nitrogens with zero attached hydrogens (tertiary/aromatic N) is 2. The molecular weight excluding hydrogens is 396 g/mol. The smallest absolute Gasteiger partial charge is 0.260 e. The zero-order chi connectivity index (χ0) is 21.5. The maximum Gasteiger partial charge on any atom is 0.260 e. The van der Waals surface area contributed by atoms with Crippen LogP contribution in [-0.4, -0.2) is 47.0 Å². The van der Waals surface area contributed by atoms with Crippen molar-refractivity contribution in [1.29, 1.82) is 0 Å². The summed E-state index contributed by atoms with van der Waals surface area (Å²) in [6.07, 6.45) is 4.74. The van der Waals surface area contributed by atoms with Gasteiger partial charge in [-0.1, -0.05) is 27.7 Å². The Hall–Kier alpha value is -1.73. The van der Waals surface area contributed by atoms with E-state index in [1.165, 1.54) is 15.3 Å². The van der Waals surface area contributed by atoms with E-state index < -0.39 is 0 Å². The normalized spacial score (nSPS) is 20.5. The van der Waals surface area contributed by atoms with E-state index >= 15 is 0 Å². The number of H-pyrrole nitrogens is 1. The van der Waals surface area contributed by atoms with Gasteiger partial charge in [-0.05, 0) is 42.6 Å². The second kappa shape index (κ2) is 8.42. The SMILES string of the molecule is CCCC(=O)N1CC[NH+](Cc2nc3sc4c(c3c(=O)[nH]2)CC[C@H](C(C)(C)C)C4)CC1. The van der Waals surface area contributed by atoms with Crippen molar-refractivity contribution in [2.75, 3.05) is 26.2 Å². The van der Waals surface area contributed by atoms with E-state index in [1.807, 2.05) is 11.8 Å². The molecule has 6 nitrogen and oxygen atoms in total. The number of quaternary nitrogens is 1. The van der Waals surface area contributed by atoms with Crippen molar-refractivity contribution in [2.24, 2.45) is 11.3 Å². The Morgan fingerprint density at radius 2 is 2.03 bits per heavy atom. The Morgan fingerprint density at radius 3 is 2.70 bits per heavy atom. The number of amides is 1. The van der Waals surface area contributed by atoms with Gasteiger partial charge in [0.05, 0.1) is 31.6 Å². The van der Waals surface area contributed by atoms with Crippen molar-refractivity contribution >= 4 is 27.5 Å². The Labute approximate surface area is 182 Å². The van der Waals surface area contributed by atoms with Crippen LogP contribution in [0.2, 0.25) is 0 Å². The lowest BCUT2D eigenvalue weighted by Crippen LogP contribution is -3.13. The molecule has 1 amide bonds. The third-order valence-corrected chi connectivity index (χ3v) is 8.05. The van der Waals surface area contributed by atoms with Crippen molar-refractivity contribution < 1.29 is 9.69 Å². The minimum atomic E-state index is 0.0258. The maximum absolute atomic E-state index is 12.9. The van der Waals surface area contributed by atoms with Crippen molar-refractivity contribution in [3.05, 3.63) is 26.6 Å². The summed E-state index contributed by atoms with van der Waals surface area (Å²) in [5, 5.41) is 0.830. The van der Waals surface area contributed by atoms with Crippen molar-refractivity contribution in [1.82, 2.24) is 14.9 Å². The number of hydrogen-bond donors (Lipinski definition) is 2. The van der Waals surface area contributed by atoms with Gasteiger partial charge in [-0.3, -0.25) is 9.59 Å². The Balaban J connectivity index is 1.48. The monoisotopic (exact) mass is 431 g/mol. The number of hydrogen-bond acceptors (Lipinski definition) is 4. The topological polar surface area (TPSA) is 70.5 Å². The van der Waals surface area contributed by atoms with Crippen molar-refractivity contribution in [3.8, 4) is 0 Å². The largest absolute Gasteiger partial charge is 0.331 e. The Bertz CT molecular complexity index is 979. The van der Waals surface area contributed by atoms with E-state index in [2.05, 4.69) is 25.8 Å². The average Bonchev–Trinajstić information content (AvgIpc) is 3.06. The van der Waals surface area contributed by atoms with E-state index in [1.54, 1.807) is 11.3 Å². The molecule has 0 spiro atoms. The first-order chi connectivity index (χ1) is 14.3. The summed E-state index contributed by atoms with van der Waals surface area (Å²) in [6.45, 7) is 13.1. The van der Waals surface area contributed by atoms with Crippen LogP contribution in [-0.2, 0) is 24.2 Å². The molecule has 1 fully saturated rings. The molecule has 2 N–H and O–H groups in total. The summed E-state index contributed by atoms with van der Waals surface area (Å²) in [5.41, 5.74) is 1.56. The predicted molar refractivity (Wildman–Crippen MR) is 121 cm³/mol. The van der Waals surface area contributed by atoms with E-state index in [9.17, 15) is 9.59 Å². The molecule has 4 rings (SSSR count). The first kappa shape index (κ1) is 21.5. The van der Waals surface area contributed by atoms with Crippen LogP contribution >= 0.6 is 11.3 Å². The summed E-state index contributed by atoms with van der Waals surface area (Å²) in [7, 11) is 0. The first-order valence-corrected chi connectivity index (χ1v) is 12.2. The predicted octanol–water partition coefficient (Wildman–Crippen LogP) is 2.16. The van der Waals surface area contributed by atoms with Gasteiger partial charge in [0, 0.05) is 11.3 Å². The van der Waals surface area contributed by atoms with Gasteiger partial charge in [0.2, 0.25) is 5.91 Å². The standard InChI is InChI=1S/C23H34N4O2S/c1-5-6-19(28)27-11-9-26(10-12-27)14-18-24-21(29)20-16-8-7-15(23(2,3)4)13-17(16)30-22(20)25-18/h15H,5-14H2,1-4H3,(H,24,25,29)/p+1/t15-/m0/s1.